The Hall–Kier alpha value is -8.20. The van der Waals surface area contributed by atoms with Crippen LogP contribution in [0.2, 0.25) is 0 Å². The summed E-state index contributed by atoms with van der Waals surface area (Å²) in [4.78, 5) is 4.95. The van der Waals surface area contributed by atoms with E-state index in [-0.39, 0.29) is 0 Å². The fraction of sp³-hybridized carbons (Fsp3) is 0.0323. The van der Waals surface area contributed by atoms with E-state index in [1.165, 1.54) is 111 Å². The monoisotopic (exact) mass is 814 g/mol. The maximum absolute atomic E-state index is 2.47. The second-order valence-corrected chi connectivity index (χ2v) is 17.2. The van der Waals surface area contributed by atoms with E-state index in [2.05, 4.69) is 240 Å². The highest BCUT2D eigenvalue weighted by atomic mass is 15.2. The summed E-state index contributed by atoms with van der Waals surface area (Å²) in [5, 5.41) is 7.42. The minimum absolute atomic E-state index is 0.918. The first-order chi connectivity index (χ1) is 31.7. The van der Waals surface area contributed by atoms with Crippen LogP contribution in [0.15, 0.2) is 231 Å². The molecule has 0 spiro atoms. The van der Waals surface area contributed by atoms with Crippen molar-refractivity contribution in [3.8, 4) is 33.4 Å². The Morgan fingerprint density at radius 3 is 1.19 bits per heavy atom. The van der Waals surface area contributed by atoms with Crippen LogP contribution in [-0.2, 0) is 12.8 Å². The van der Waals surface area contributed by atoms with Gasteiger partial charge < -0.3 is 9.80 Å². The van der Waals surface area contributed by atoms with E-state index >= 15 is 0 Å². The Labute approximate surface area is 373 Å². The van der Waals surface area contributed by atoms with E-state index in [9.17, 15) is 0 Å². The van der Waals surface area contributed by atoms with Crippen LogP contribution >= 0.6 is 0 Å². The van der Waals surface area contributed by atoms with Crippen LogP contribution in [0.4, 0.5) is 34.1 Å². The van der Waals surface area contributed by atoms with Gasteiger partial charge in [-0.1, -0.05) is 182 Å². The molecular weight excluding hydrogens is 773 g/mol. The van der Waals surface area contributed by atoms with Crippen LogP contribution < -0.4 is 9.80 Å². The van der Waals surface area contributed by atoms with Gasteiger partial charge in [0.05, 0.1) is 0 Å². The largest absolute Gasteiger partial charge is 0.310 e. The highest BCUT2D eigenvalue weighted by Crippen LogP contribution is 2.51. The lowest BCUT2D eigenvalue weighted by Crippen LogP contribution is -2.18. The van der Waals surface area contributed by atoms with Crippen molar-refractivity contribution in [3.63, 3.8) is 0 Å². The van der Waals surface area contributed by atoms with Crippen molar-refractivity contribution in [1.82, 2.24) is 0 Å². The van der Waals surface area contributed by atoms with Gasteiger partial charge in [-0.3, -0.25) is 0 Å². The number of benzene rings is 11. The molecule has 0 radical (unpaired) electrons. The average molecular weight is 815 g/mol. The molecular formula is C62H42N2. The van der Waals surface area contributed by atoms with Gasteiger partial charge in [0.2, 0.25) is 0 Å². The third-order valence-corrected chi connectivity index (χ3v) is 13.6. The minimum atomic E-state index is 0.918. The van der Waals surface area contributed by atoms with Crippen LogP contribution in [0.25, 0.3) is 65.7 Å². The quantitative estimate of drug-likeness (QED) is 0.160. The molecule has 0 unspecified atom stereocenters. The predicted octanol–water partition coefficient (Wildman–Crippen LogP) is 16.9. The molecule has 2 heteroatoms. The Kier molecular flexibility index (Phi) is 8.39. The van der Waals surface area contributed by atoms with Crippen LogP contribution in [-0.4, -0.2) is 0 Å². The fourth-order valence-corrected chi connectivity index (χ4v) is 10.7. The molecule has 300 valence electrons. The molecule has 2 nitrogen and oxygen atoms in total. The number of fused-ring (bicyclic) bond motifs is 7. The SMILES string of the molecule is c1ccc(-c2c3ccc(N4c5ccccc5Cc5ccccc54)cc3c(-c3ccc(-c4cccc5ccccc45)cc3)c3ccc(N4c5ccccc5Cc5ccccc54)cc23)cc1. The number of hydrogen-bond donors (Lipinski definition) is 0. The molecule has 11 aromatic rings. The van der Waals surface area contributed by atoms with E-state index in [0.29, 0.717) is 0 Å². The lowest BCUT2D eigenvalue weighted by molar-refractivity contribution is 1.09. The minimum Gasteiger partial charge on any atom is -0.310 e. The summed E-state index contributed by atoms with van der Waals surface area (Å²) >= 11 is 0. The van der Waals surface area contributed by atoms with Crippen molar-refractivity contribution < 1.29 is 0 Å². The molecule has 0 saturated heterocycles. The first-order valence-electron chi connectivity index (χ1n) is 22.3. The normalized spacial score (nSPS) is 12.8. The zero-order chi connectivity index (χ0) is 42.1. The Morgan fingerprint density at radius 2 is 0.672 bits per heavy atom. The molecule has 11 aromatic carbocycles. The van der Waals surface area contributed by atoms with Crippen molar-refractivity contribution in [3.05, 3.63) is 253 Å². The van der Waals surface area contributed by atoms with Gasteiger partial charge in [0.25, 0.3) is 0 Å². The van der Waals surface area contributed by atoms with Gasteiger partial charge in [-0.25, -0.2) is 0 Å². The molecule has 13 rings (SSSR count). The Bertz CT molecular complexity index is 3530. The third kappa shape index (κ3) is 5.80. The first-order valence-corrected chi connectivity index (χ1v) is 22.3. The lowest BCUT2D eigenvalue weighted by Gasteiger charge is -2.34. The Balaban J connectivity index is 1.10. The lowest BCUT2D eigenvalue weighted by atomic mass is 9.84. The molecule has 64 heavy (non-hydrogen) atoms. The van der Waals surface area contributed by atoms with Gasteiger partial charge in [0.15, 0.2) is 0 Å². The van der Waals surface area contributed by atoms with Crippen molar-refractivity contribution >= 4 is 66.4 Å². The van der Waals surface area contributed by atoms with E-state index in [4.69, 9.17) is 0 Å². The number of hydrogen-bond acceptors (Lipinski definition) is 2. The van der Waals surface area contributed by atoms with Crippen molar-refractivity contribution in [1.29, 1.82) is 0 Å². The van der Waals surface area contributed by atoms with Gasteiger partial charge in [-0.15, -0.1) is 0 Å². The van der Waals surface area contributed by atoms with Crippen LogP contribution in [0.5, 0.6) is 0 Å². The van der Waals surface area contributed by atoms with Crippen molar-refractivity contribution in [2.75, 3.05) is 9.80 Å². The maximum atomic E-state index is 2.47. The van der Waals surface area contributed by atoms with Crippen molar-refractivity contribution in [2.45, 2.75) is 12.8 Å². The fourth-order valence-electron chi connectivity index (χ4n) is 10.7. The van der Waals surface area contributed by atoms with E-state index in [1.54, 1.807) is 0 Å². The number of anilines is 6. The highest BCUT2D eigenvalue weighted by Gasteiger charge is 2.27. The van der Waals surface area contributed by atoms with E-state index in [0.717, 1.165) is 24.2 Å². The molecule has 2 aliphatic heterocycles. The highest BCUT2D eigenvalue weighted by molar-refractivity contribution is 6.23. The maximum Gasteiger partial charge on any atom is 0.0497 e. The molecule has 0 bridgehead atoms. The average Bonchev–Trinajstić information content (AvgIpc) is 3.36. The van der Waals surface area contributed by atoms with Gasteiger partial charge in [-0.05, 0) is 136 Å². The molecule has 0 fully saturated rings. The van der Waals surface area contributed by atoms with Gasteiger partial charge in [-0.2, -0.15) is 0 Å². The smallest absolute Gasteiger partial charge is 0.0497 e. The van der Waals surface area contributed by atoms with Crippen LogP contribution in [0.3, 0.4) is 0 Å². The number of rotatable bonds is 5. The first kappa shape index (κ1) is 36.5. The molecule has 0 amide bonds. The second kappa shape index (κ2) is 14.7. The summed E-state index contributed by atoms with van der Waals surface area (Å²) in [6.45, 7) is 0. The summed E-state index contributed by atoms with van der Waals surface area (Å²) in [6, 6.07) is 85.5. The molecule has 0 aromatic heterocycles. The third-order valence-electron chi connectivity index (χ3n) is 13.6. The number of nitrogens with zero attached hydrogens (tertiary/aromatic N) is 2. The van der Waals surface area contributed by atoms with Gasteiger partial charge in [0.1, 0.15) is 0 Å². The van der Waals surface area contributed by atoms with Gasteiger partial charge in [0, 0.05) is 47.0 Å². The van der Waals surface area contributed by atoms with Crippen LogP contribution in [0.1, 0.15) is 22.3 Å². The van der Waals surface area contributed by atoms with Gasteiger partial charge >= 0.3 is 0 Å². The summed E-state index contributed by atoms with van der Waals surface area (Å²) in [7, 11) is 0. The van der Waals surface area contributed by atoms with Crippen LogP contribution in [0, 0.1) is 0 Å². The summed E-state index contributed by atoms with van der Waals surface area (Å²) < 4.78 is 0. The summed E-state index contributed by atoms with van der Waals surface area (Å²) in [6.07, 6.45) is 1.84. The van der Waals surface area contributed by atoms with E-state index in [1.807, 2.05) is 0 Å². The summed E-state index contributed by atoms with van der Waals surface area (Å²) in [5.74, 6) is 0. The molecule has 0 N–H and O–H groups in total. The zero-order valence-electron chi connectivity index (χ0n) is 35.2. The van der Waals surface area contributed by atoms with E-state index < -0.39 is 0 Å². The molecule has 2 aliphatic rings. The molecule has 2 heterocycles. The molecule has 0 atom stereocenters. The number of para-hydroxylation sites is 4. The zero-order valence-corrected chi connectivity index (χ0v) is 35.2. The predicted molar refractivity (Wildman–Crippen MR) is 270 cm³/mol. The standard InChI is InChI=1S/C62H42N2/c1-2-16-43(17-3-1)61-53-35-33-50(64-59-27-12-7-20-47(59)38-48-21-8-13-28-60(48)64)40-56(53)62(44-31-29-42(30-32-44)52-24-14-22-41-15-4-9-23-51(41)52)54-36-34-49(39-55(54)61)63-57-25-10-5-18-45(57)37-46-19-6-11-26-58(46)63/h1-36,39-40H,37-38H2. The Morgan fingerprint density at radius 1 is 0.266 bits per heavy atom. The van der Waals surface area contributed by atoms with Crippen molar-refractivity contribution in [2.24, 2.45) is 0 Å². The second-order valence-electron chi connectivity index (χ2n) is 17.2. The molecule has 0 saturated carbocycles. The summed E-state index contributed by atoms with van der Waals surface area (Å²) in [5.41, 5.74) is 19.9. The topological polar surface area (TPSA) is 6.48 Å². The molecule has 0 aliphatic carbocycles.